The zero-order valence-corrected chi connectivity index (χ0v) is 26.8. The van der Waals surface area contributed by atoms with Gasteiger partial charge in [0.25, 0.3) is 0 Å². The topological polar surface area (TPSA) is 54.0 Å². The van der Waals surface area contributed by atoms with Crippen LogP contribution in [0.5, 0.6) is 11.5 Å². The Morgan fingerprint density at radius 2 is 1.22 bits per heavy atom. The van der Waals surface area contributed by atoms with Crippen molar-refractivity contribution < 1.29 is 23.7 Å². The molecule has 0 saturated carbocycles. The van der Waals surface area contributed by atoms with Gasteiger partial charge >= 0.3 is 5.97 Å². The number of ether oxygens (including phenoxy) is 4. The predicted octanol–water partition coefficient (Wildman–Crippen LogP) is 8.56. The van der Waals surface area contributed by atoms with Gasteiger partial charge in [-0.25, -0.2) is 0 Å². The number of carbonyl (C=O) groups excluding carboxylic acids is 1. The molecule has 0 aromatic heterocycles. The fourth-order valence-corrected chi connectivity index (χ4v) is 6.64. The summed E-state index contributed by atoms with van der Waals surface area (Å²) in [6.45, 7) is 10.2. The molecule has 0 amide bonds. The Labute approximate surface area is 265 Å². The number of carbonyl (C=O) groups is 1. The van der Waals surface area contributed by atoms with Crippen LogP contribution in [0, 0.1) is 13.8 Å². The zero-order chi connectivity index (χ0) is 31.7. The minimum atomic E-state index is -0.576. The molecule has 0 N–H and O–H groups in total. The van der Waals surface area contributed by atoms with Crippen molar-refractivity contribution in [3.8, 4) is 22.6 Å². The molecule has 5 aromatic carbocycles. The molecule has 0 saturated heterocycles. The molecule has 6 rings (SSSR count). The third kappa shape index (κ3) is 5.57. The molecule has 5 nitrogen and oxygen atoms in total. The van der Waals surface area contributed by atoms with Gasteiger partial charge in [0, 0.05) is 14.0 Å². The Morgan fingerprint density at radius 3 is 1.80 bits per heavy atom. The van der Waals surface area contributed by atoms with Crippen molar-refractivity contribution in [2.45, 2.75) is 52.2 Å². The van der Waals surface area contributed by atoms with Crippen LogP contribution in [0.4, 0.5) is 0 Å². The molecular formula is C40H40O5. The van der Waals surface area contributed by atoms with Crippen LogP contribution in [0.1, 0.15) is 54.2 Å². The molecule has 230 valence electrons. The van der Waals surface area contributed by atoms with Crippen molar-refractivity contribution in [3.05, 3.63) is 130 Å². The number of hydrogen-bond acceptors (Lipinski definition) is 5. The molecule has 0 aliphatic heterocycles. The van der Waals surface area contributed by atoms with Gasteiger partial charge in [-0.15, -0.1) is 0 Å². The number of esters is 1. The first-order valence-electron chi connectivity index (χ1n) is 15.5. The third-order valence-electron chi connectivity index (χ3n) is 8.84. The molecular weight excluding hydrogens is 560 g/mol. The average molecular weight is 601 g/mol. The molecule has 45 heavy (non-hydrogen) atoms. The van der Waals surface area contributed by atoms with Crippen LogP contribution in [0.2, 0.25) is 0 Å². The summed E-state index contributed by atoms with van der Waals surface area (Å²) in [5.41, 5.74) is 8.80. The minimum absolute atomic E-state index is 0.00185. The normalized spacial score (nSPS) is 16.5. The van der Waals surface area contributed by atoms with E-state index in [1.54, 1.807) is 7.11 Å². The monoisotopic (exact) mass is 600 g/mol. The lowest BCUT2D eigenvalue weighted by Crippen LogP contribution is -2.29. The lowest BCUT2D eigenvalue weighted by molar-refractivity contribution is -0.146. The van der Waals surface area contributed by atoms with E-state index >= 15 is 0 Å². The number of rotatable bonds is 10. The second kappa shape index (κ2) is 12.4. The van der Waals surface area contributed by atoms with E-state index in [1.807, 2.05) is 19.9 Å². The summed E-state index contributed by atoms with van der Waals surface area (Å²) in [5.74, 6) is 1.31. The first-order valence-corrected chi connectivity index (χ1v) is 15.5. The SMILES string of the molecule is COC(C)COc1ccc(C2(c3ccc(OCC(C)OC(C)=O)c(C)c3)c3ccccc3-c3cc4ccccc4cc32)cc1C. The quantitative estimate of drug-likeness (QED) is 0.148. The summed E-state index contributed by atoms with van der Waals surface area (Å²) >= 11 is 0. The molecule has 5 aromatic rings. The Bertz CT molecular complexity index is 1870. The van der Waals surface area contributed by atoms with Crippen molar-refractivity contribution in [2.75, 3.05) is 20.3 Å². The number of fused-ring (bicyclic) bond motifs is 4. The van der Waals surface area contributed by atoms with Gasteiger partial charge < -0.3 is 18.9 Å². The zero-order valence-electron chi connectivity index (χ0n) is 26.8. The van der Waals surface area contributed by atoms with Crippen LogP contribution in [-0.4, -0.2) is 38.5 Å². The van der Waals surface area contributed by atoms with Crippen LogP contribution in [0.25, 0.3) is 21.9 Å². The highest BCUT2D eigenvalue weighted by Gasteiger charge is 2.46. The van der Waals surface area contributed by atoms with Gasteiger partial charge in [-0.05, 0) is 107 Å². The molecule has 0 radical (unpaired) electrons. The summed E-state index contributed by atoms with van der Waals surface area (Å²) in [5, 5.41) is 2.42. The maximum atomic E-state index is 11.4. The fraction of sp³-hybridized carbons (Fsp3) is 0.275. The minimum Gasteiger partial charge on any atom is -0.491 e. The van der Waals surface area contributed by atoms with E-state index in [9.17, 15) is 4.79 Å². The number of hydrogen-bond donors (Lipinski definition) is 0. The molecule has 0 heterocycles. The van der Waals surface area contributed by atoms with Crippen molar-refractivity contribution in [3.63, 3.8) is 0 Å². The first-order chi connectivity index (χ1) is 21.7. The standard InChI is InChI=1S/C40H40O5/c1-25-19-32(15-17-38(25)43-23-27(3)42-6)40(33-16-18-39(26(2)20-33)44-24-28(4)45-29(5)41)36-14-10-9-13-34(36)35-21-30-11-7-8-12-31(30)22-37(35)40/h7-22,27-28H,23-24H2,1-6H3. The summed E-state index contributed by atoms with van der Waals surface area (Å²) in [4.78, 5) is 11.4. The summed E-state index contributed by atoms with van der Waals surface area (Å²) in [7, 11) is 1.70. The smallest absolute Gasteiger partial charge is 0.303 e. The molecule has 5 heteroatoms. The van der Waals surface area contributed by atoms with Crippen LogP contribution in [-0.2, 0) is 19.7 Å². The molecule has 3 unspecified atom stereocenters. The van der Waals surface area contributed by atoms with E-state index in [1.165, 1.54) is 45.5 Å². The van der Waals surface area contributed by atoms with Gasteiger partial charge in [0.05, 0.1) is 11.5 Å². The summed E-state index contributed by atoms with van der Waals surface area (Å²) in [6.07, 6.45) is -0.344. The van der Waals surface area contributed by atoms with Gasteiger partial charge in [-0.3, -0.25) is 4.79 Å². The van der Waals surface area contributed by atoms with Gasteiger partial charge in [0.15, 0.2) is 0 Å². The van der Waals surface area contributed by atoms with E-state index < -0.39 is 5.41 Å². The van der Waals surface area contributed by atoms with E-state index in [0.717, 1.165) is 28.2 Å². The number of methoxy groups -OCH3 is 1. The van der Waals surface area contributed by atoms with Crippen LogP contribution in [0.15, 0.2) is 97.1 Å². The van der Waals surface area contributed by atoms with Gasteiger partial charge in [0.1, 0.15) is 30.8 Å². The molecule has 1 aliphatic rings. The van der Waals surface area contributed by atoms with Crippen molar-refractivity contribution in [2.24, 2.45) is 0 Å². The van der Waals surface area contributed by atoms with Crippen LogP contribution in [0.3, 0.4) is 0 Å². The van der Waals surface area contributed by atoms with Gasteiger partial charge in [-0.1, -0.05) is 72.8 Å². The van der Waals surface area contributed by atoms with Crippen molar-refractivity contribution in [1.29, 1.82) is 0 Å². The predicted molar refractivity (Wildman–Crippen MR) is 179 cm³/mol. The van der Waals surface area contributed by atoms with Gasteiger partial charge in [0.2, 0.25) is 0 Å². The second-order valence-electron chi connectivity index (χ2n) is 12.1. The van der Waals surface area contributed by atoms with Crippen LogP contribution < -0.4 is 9.47 Å². The second-order valence-corrected chi connectivity index (χ2v) is 12.1. The van der Waals surface area contributed by atoms with Crippen molar-refractivity contribution in [1.82, 2.24) is 0 Å². The van der Waals surface area contributed by atoms with E-state index in [2.05, 4.69) is 105 Å². The highest BCUT2D eigenvalue weighted by atomic mass is 16.6. The Balaban J connectivity index is 1.54. The number of aryl methyl sites for hydroxylation is 2. The average Bonchev–Trinajstić information content (AvgIpc) is 3.32. The molecule has 3 atom stereocenters. The largest absolute Gasteiger partial charge is 0.491 e. The summed E-state index contributed by atoms with van der Waals surface area (Å²) in [6, 6.07) is 35.1. The molecule has 0 fully saturated rings. The van der Waals surface area contributed by atoms with Crippen LogP contribution >= 0.6 is 0 Å². The molecule has 1 aliphatic carbocycles. The lowest BCUT2D eigenvalue weighted by atomic mass is 9.67. The highest BCUT2D eigenvalue weighted by Crippen LogP contribution is 2.57. The maximum absolute atomic E-state index is 11.4. The van der Waals surface area contributed by atoms with Crippen molar-refractivity contribution >= 4 is 16.7 Å². The van der Waals surface area contributed by atoms with E-state index in [0.29, 0.717) is 6.61 Å². The fourth-order valence-electron chi connectivity index (χ4n) is 6.64. The maximum Gasteiger partial charge on any atom is 0.303 e. The first kappa shape index (κ1) is 30.4. The van der Waals surface area contributed by atoms with E-state index in [-0.39, 0.29) is 24.8 Å². The molecule has 0 bridgehead atoms. The number of benzene rings is 5. The summed E-state index contributed by atoms with van der Waals surface area (Å²) < 4.78 is 23.0. The van der Waals surface area contributed by atoms with E-state index in [4.69, 9.17) is 18.9 Å². The Kier molecular flexibility index (Phi) is 8.39. The Hall–Kier alpha value is -4.61. The third-order valence-corrected chi connectivity index (χ3v) is 8.84. The Morgan fingerprint density at radius 1 is 0.667 bits per heavy atom. The molecule has 0 spiro atoms. The lowest BCUT2D eigenvalue weighted by Gasteiger charge is -2.35. The highest BCUT2D eigenvalue weighted by molar-refractivity contribution is 5.95. The van der Waals surface area contributed by atoms with Gasteiger partial charge in [-0.2, -0.15) is 0 Å².